The predicted molar refractivity (Wildman–Crippen MR) is 110 cm³/mol. The number of rotatable bonds is 19. The van der Waals surface area contributed by atoms with E-state index < -0.39 is 5.41 Å². The van der Waals surface area contributed by atoms with Gasteiger partial charge in [0, 0.05) is 6.42 Å². The van der Waals surface area contributed by atoms with Gasteiger partial charge in [-0.25, -0.2) is 0 Å². The van der Waals surface area contributed by atoms with Crippen molar-refractivity contribution in [3.63, 3.8) is 0 Å². The van der Waals surface area contributed by atoms with Crippen molar-refractivity contribution in [3.05, 3.63) is 0 Å². The lowest BCUT2D eigenvalue weighted by atomic mass is 9.98. The Hall–Kier alpha value is -0.860. The van der Waals surface area contributed by atoms with Crippen molar-refractivity contribution in [3.8, 4) is 0 Å². The van der Waals surface area contributed by atoms with Gasteiger partial charge in [0.05, 0.1) is 5.41 Å². The van der Waals surface area contributed by atoms with E-state index in [2.05, 4.69) is 6.92 Å². The molecule has 0 heterocycles. The molecule has 0 radical (unpaired) electrons. The minimum atomic E-state index is -0.565. The lowest BCUT2D eigenvalue weighted by Crippen LogP contribution is -2.23. The quantitative estimate of drug-likeness (QED) is 0.140. The average molecular weight is 369 g/mol. The van der Waals surface area contributed by atoms with E-state index in [0.717, 1.165) is 19.1 Å². The molecule has 0 amide bonds. The van der Waals surface area contributed by atoms with Crippen LogP contribution in [0.3, 0.4) is 0 Å². The van der Waals surface area contributed by atoms with Crippen LogP contribution in [0.2, 0.25) is 0 Å². The third-order valence-electron chi connectivity index (χ3n) is 4.91. The van der Waals surface area contributed by atoms with Gasteiger partial charge in [0.1, 0.15) is 12.9 Å². The first kappa shape index (κ1) is 25.1. The van der Waals surface area contributed by atoms with Crippen molar-refractivity contribution in [1.29, 1.82) is 0 Å². The van der Waals surface area contributed by atoms with Gasteiger partial charge in [0.25, 0.3) is 0 Å². The number of hydrogen-bond acceptors (Lipinski definition) is 3. The van der Waals surface area contributed by atoms with Gasteiger partial charge in [-0.15, -0.1) is 0 Å². The number of ether oxygens (including phenoxy) is 1. The summed E-state index contributed by atoms with van der Waals surface area (Å²) in [6.07, 6.45) is 21.1. The average Bonchev–Trinajstić information content (AvgIpc) is 2.63. The number of hydrogen-bond donors (Lipinski definition) is 0. The fraction of sp³-hybridized carbons (Fsp3) is 0.913. The van der Waals surface area contributed by atoms with Crippen LogP contribution in [0.25, 0.3) is 0 Å². The molecule has 0 saturated carbocycles. The topological polar surface area (TPSA) is 43.4 Å². The van der Waals surface area contributed by atoms with E-state index in [4.69, 9.17) is 4.74 Å². The van der Waals surface area contributed by atoms with Crippen LogP contribution in [-0.4, -0.2) is 18.9 Å². The summed E-state index contributed by atoms with van der Waals surface area (Å²) < 4.78 is 5.15. The maximum atomic E-state index is 11.6. The van der Waals surface area contributed by atoms with Gasteiger partial charge >= 0.3 is 5.97 Å². The molecule has 0 unspecified atom stereocenters. The molecule has 0 aromatic heterocycles. The maximum Gasteiger partial charge on any atom is 0.305 e. The highest BCUT2D eigenvalue weighted by molar-refractivity contribution is 5.70. The summed E-state index contributed by atoms with van der Waals surface area (Å²) >= 11 is 0. The van der Waals surface area contributed by atoms with Crippen molar-refractivity contribution in [1.82, 2.24) is 0 Å². The van der Waals surface area contributed by atoms with Gasteiger partial charge in [-0.3, -0.25) is 4.79 Å². The Balaban J connectivity index is 3.22. The predicted octanol–water partition coefficient (Wildman–Crippen LogP) is 7.02. The molecule has 3 heteroatoms. The lowest BCUT2D eigenvalue weighted by molar-refractivity contribution is -0.147. The molecule has 0 aliphatic carbocycles. The highest BCUT2D eigenvalue weighted by Crippen LogP contribution is 2.15. The monoisotopic (exact) mass is 368 g/mol. The van der Waals surface area contributed by atoms with Gasteiger partial charge in [0.15, 0.2) is 0 Å². The van der Waals surface area contributed by atoms with E-state index in [1.807, 2.05) is 0 Å². The van der Waals surface area contributed by atoms with Gasteiger partial charge in [-0.2, -0.15) is 0 Å². The molecule has 0 aliphatic rings. The molecule has 0 aliphatic heterocycles. The van der Waals surface area contributed by atoms with Crippen molar-refractivity contribution < 1.29 is 14.3 Å². The van der Waals surface area contributed by atoms with Crippen LogP contribution >= 0.6 is 0 Å². The van der Waals surface area contributed by atoms with E-state index in [0.29, 0.717) is 6.42 Å². The molecule has 3 nitrogen and oxygen atoms in total. The van der Waals surface area contributed by atoms with Gasteiger partial charge in [-0.05, 0) is 20.3 Å². The number of aldehydes is 1. The zero-order chi connectivity index (χ0) is 19.5. The van der Waals surface area contributed by atoms with E-state index in [-0.39, 0.29) is 12.6 Å². The zero-order valence-corrected chi connectivity index (χ0v) is 17.8. The smallest absolute Gasteiger partial charge is 0.305 e. The van der Waals surface area contributed by atoms with Crippen molar-refractivity contribution in [2.45, 2.75) is 124 Å². The summed E-state index contributed by atoms with van der Waals surface area (Å²) in [5.74, 6) is -0.172. The van der Waals surface area contributed by atoms with Gasteiger partial charge < -0.3 is 9.53 Å². The van der Waals surface area contributed by atoms with E-state index in [1.165, 1.54) is 83.5 Å². The molecular weight excluding hydrogens is 324 g/mol. The van der Waals surface area contributed by atoms with Crippen LogP contribution in [0.4, 0.5) is 0 Å². The maximum absolute atomic E-state index is 11.6. The lowest BCUT2D eigenvalue weighted by Gasteiger charge is -2.16. The van der Waals surface area contributed by atoms with Gasteiger partial charge in [0.2, 0.25) is 0 Å². The Labute approximate surface area is 162 Å². The fourth-order valence-electron chi connectivity index (χ4n) is 3.01. The van der Waals surface area contributed by atoms with Crippen molar-refractivity contribution in [2.75, 3.05) is 6.61 Å². The highest BCUT2D eigenvalue weighted by Gasteiger charge is 2.18. The Morgan fingerprint density at radius 3 is 1.50 bits per heavy atom. The minimum Gasteiger partial charge on any atom is -0.465 e. The summed E-state index contributed by atoms with van der Waals surface area (Å²) in [6, 6.07) is 0. The summed E-state index contributed by atoms with van der Waals surface area (Å²) in [7, 11) is 0. The Morgan fingerprint density at radius 2 is 1.12 bits per heavy atom. The van der Waals surface area contributed by atoms with Crippen molar-refractivity contribution in [2.24, 2.45) is 5.41 Å². The fourth-order valence-corrected chi connectivity index (χ4v) is 3.01. The molecule has 26 heavy (non-hydrogen) atoms. The second kappa shape index (κ2) is 17.5. The van der Waals surface area contributed by atoms with Gasteiger partial charge in [-0.1, -0.05) is 96.8 Å². The number of unbranched alkanes of at least 4 members (excludes halogenated alkanes) is 14. The summed E-state index contributed by atoms with van der Waals surface area (Å²) in [5, 5.41) is 0. The minimum absolute atomic E-state index is 0.172. The Kier molecular flexibility index (Phi) is 17.0. The Morgan fingerprint density at radius 1 is 0.731 bits per heavy atom. The second-order valence-electron chi connectivity index (χ2n) is 8.47. The normalized spacial score (nSPS) is 11.5. The highest BCUT2D eigenvalue weighted by atomic mass is 16.5. The molecule has 0 aromatic rings. The molecule has 0 bridgehead atoms. The molecule has 0 fully saturated rings. The first-order chi connectivity index (χ1) is 12.5. The summed E-state index contributed by atoms with van der Waals surface area (Å²) in [6.45, 7) is 6.02. The number of esters is 1. The third kappa shape index (κ3) is 17.9. The van der Waals surface area contributed by atoms with E-state index in [1.54, 1.807) is 13.8 Å². The third-order valence-corrected chi connectivity index (χ3v) is 4.91. The van der Waals surface area contributed by atoms with E-state index in [9.17, 15) is 9.59 Å². The first-order valence-corrected chi connectivity index (χ1v) is 11.1. The molecule has 0 rings (SSSR count). The number of carbonyl (C=O) groups excluding carboxylic acids is 2. The molecule has 0 atom stereocenters. The van der Waals surface area contributed by atoms with Crippen molar-refractivity contribution >= 4 is 12.3 Å². The molecule has 0 aromatic carbocycles. The molecule has 0 spiro atoms. The molecule has 0 N–H and O–H groups in total. The zero-order valence-electron chi connectivity index (χ0n) is 17.8. The van der Waals surface area contributed by atoms with Crippen LogP contribution in [0.1, 0.15) is 124 Å². The van der Waals surface area contributed by atoms with E-state index >= 15 is 0 Å². The first-order valence-electron chi connectivity index (χ1n) is 11.1. The van der Waals surface area contributed by atoms with Crippen LogP contribution in [0, 0.1) is 5.41 Å². The van der Waals surface area contributed by atoms with Crippen LogP contribution in [0.5, 0.6) is 0 Å². The SMILES string of the molecule is CCCCCCCCCCCCCCCCCC(=O)OCC(C)(C)C=O. The van der Waals surface area contributed by atoms with Crippen LogP contribution in [0.15, 0.2) is 0 Å². The summed E-state index contributed by atoms with van der Waals surface area (Å²) in [4.78, 5) is 22.4. The molecule has 0 saturated heterocycles. The standard InChI is InChI=1S/C23H44O3/c1-4-5-6-7-8-9-10-11-12-13-14-15-16-17-18-19-22(25)26-21-23(2,3)20-24/h20H,4-19,21H2,1-3H3. The number of carbonyl (C=O) groups is 2. The molecular formula is C23H44O3. The van der Waals surface area contributed by atoms with Crippen LogP contribution in [-0.2, 0) is 14.3 Å². The van der Waals surface area contributed by atoms with Crippen LogP contribution < -0.4 is 0 Å². The molecule has 154 valence electrons. The summed E-state index contributed by atoms with van der Waals surface area (Å²) in [5.41, 5.74) is -0.565. The second-order valence-corrected chi connectivity index (χ2v) is 8.47. The largest absolute Gasteiger partial charge is 0.465 e. The Bertz CT molecular complexity index is 336.